The van der Waals surface area contributed by atoms with E-state index in [0.29, 0.717) is 0 Å². The number of hydrogen-bond acceptors (Lipinski definition) is 0. The lowest BCUT2D eigenvalue weighted by molar-refractivity contribution is 1.32. The molecular weight excluding hydrogens is 144 g/mol. The normalized spacial score (nSPS) is 7.75. The van der Waals surface area contributed by atoms with Crippen molar-refractivity contribution < 1.29 is 0 Å². The minimum atomic E-state index is 0. The number of rotatable bonds is 0. The summed E-state index contributed by atoms with van der Waals surface area (Å²) in [5.74, 6) is 0. The topological polar surface area (TPSA) is 0 Å². The van der Waals surface area contributed by atoms with Crippen molar-refractivity contribution in [3.05, 3.63) is 34.9 Å². The zero-order valence-corrected chi connectivity index (χ0v) is 8.23. The standard InChI is InChI=1S/C9H12.C2H6.CH4/c1-7-4-8(2)6-9(3)5-7;1-2;/h4-6H,1-3H3;1-2H3;1H4. The average Bonchev–Trinajstić information content (AvgIpc) is 1.88. The molecule has 1 aromatic rings. The van der Waals surface area contributed by atoms with Gasteiger partial charge in [-0.3, -0.25) is 0 Å². The Balaban J connectivity index is 0. The Morgan fingerprint density at radius 3 is 1.00 bits per heavy atom. The summed E-state index contributed by atoms with van der Waals surface area (Å²) in [6, 6.07) is 6.56. The molecule has 0 unspecified atom stereocenters. The summed E-state index contributed by atoms with van der Waals surface area (Å²) in [6.07, 6.45) is 0. The largest absolute Gasteiger partial charge is 0.0776 e. The zero-order valence-electron chi connectivity index (χ0n) is 8.23. The highest BCUT2D eigenvalue weighted by Gasteiger charge is 1.87. The maximum atomic E-state index is 2.19. The molecule has 0 radical (unpaired) electrons. The van der Waals surface area contributed by atoms with Crippen LogP contribution in [0.1, 0.15) is 38.0 Å². The Bertz CT molecular complexity index is 161. The van der Waals surface area contributed by atoms with Crippen molar-refractivity contribution >= 4 is 0 Å². The fraction of sp³-hybridized carbons (Fsp3) is 0.500. The van der Waals surface area contributed by atoms with Crippen LogP contribution in [0.4, 0.5) is 0 Å². The van der Waals surface area contributed by atoms with Gasteiger partial charge in [0.1, 0.15) is 0 Å². The van der Waals surface area contributed by atoms with Gasteiger partial charge in [0, 0.05) is 0 Å². The molecule has 0 aliphatic heterocycles. The van der Waals surface area contributed by atoms with E-state index in [4.69, 9.17) is 0 Å². The lowest BCUT2D eigenvalue weighted by Gasteiger charge is -1.96. The van der Waals surface area contributed by atoms with Crippen LogP contribution < -0.4 is 0 Å². The van der Waals surface area contributed by atoms with Crippen LogP contribution in [0.25, 0.3) is 0 Å². The Morgan fingerprint density at radius 2 is 0.833 bits per heavy atom. The molecule has 0 nitrogen and oxygen atoms in total. The molecule has 1 aromatic carbocycles. The second-order valence-electron chi connectivity index (χ2n) is 2.67. The van der Waals surface area contributed by atoms with Crippen LogP contribution in [0, 0.1) is 20.8 Å². The van der Waals surface area contributed by atoms with E-state index >= 15 is 0 Å². The average molecular weight is 166 g/mol. The maximum Gasteiger partial charge on any atom is -0.0398 e. The van der Waals surface area contributed by atoms with Crippen LogP contribution in [0.15, 0.2) is 18.2 Å². The minimum Gasteiger partial charge on any atom is -0.0776 e. The summed E-state index contributed by atoms with van der Waals surface area (Å²) in [5, 5.41) is 0. The third-order valence-corrected chi connectivity index (χ3v) is 1.37. The van der Waals surface area contributed by atoms with Gasteiger partial charge in [-0.2, -0.15) is 0 Å². The van der Waals surface area contributed by atoms with E-state index in [0.717, 1.165) is 0 Å². The van der Waals surface area contributed by atoms with Crippen molar-refractivity contribution in [1.29, 1.82) is 0 Å². The first-order chi connectivity index (χ1) is 5.18. The first kappa shape index (κ1) is 13.8. The summed E-state index contributed by atoms with van der Waals surface area (Å²) >= 11 is 0. The molecule has 0 N–H and O–H groups in total. The zero-order chi connectivity index (χ0) is 8.85. The smallest absolute Gasteiger partial charge is 0.0398 e. The van der Waals surface area contributed by atoms with Crippen LogP contribution in [0.5, 0.6) is 0 Å². The maximum absolute atomic E-state index is 2.19. The van der Waals surface area contributed by atoms with Gasteiger partial charge < -0.3 is 0 Å². The van der Waals surface area contributed by atoms with E-state index in [9.17, 15) is 0 Å². The van der Waals surface area contributed by atoms with Crippen molar-refractivity contribution in [3.63, 3.8) is 0 Å². The molecule has 0 bridgehead atoms. The van der Waals surface area contributed by atoms with Crippen molar-refractivity contribution in [2.24, 2.45) is 0 Å². The van der Waals surface area contributed by atoms with Gasteiger partial charge in [0.05, 0.1) is 0 Å². The Kier molecular flexibility index (Phi) is 7.93. The predicted octanol–water partition coefficient (Wildman–Crippen LogP) is 4.27. The molecule has 0 amide bonds. The van der Waals surface area contributed by atoms with Gasteiger partial charge in [-0.05, 0) is 20.8 Å². The predicted molar refractivity (Wildman–Crippen MR) is 58.7 cm³/mol. The summed E-state index contributed by atoms with van der Waals surface area (Å²) in [7, 11) is 0. The highest BCUT2D eigenvalue weighted by Crippen LogP contribution is 2.06. The molecule has 0 saturated heterocycles. The molecule has 0 heterocycles. The molecule has 0 spiro atoms. The van der Waals surface area contributed by atoms with E-state index in [1.165, 1.54) is 16.7 Å². The monoisotopic (exact) mass is 166 g/mol. The quantitative estimate of drug-likeness (QED) is 0.540. The van der Waals surface area contributed by atoms with Crippen LogP contribution in [0.3, 0.4) is 0 Å². The molecule has 12 heavy (non-hydrogen) atoms. The van der Waals surface area contributed by atoms with Crippen molar-refractivity contribution in [2.75, 3.05) is 0 Å². The van der Waals surface area contributed by atoms with Gasteiger partial charge in [-0.25, -0.2) is 0 Å². The molecule has 0 fully saturated rings. The molecule has 0 aliphatic rings. The first-order valence-electron chi connectivity index (χ1n) is 4.23. The molecule has 0 atom stereocenters. The molecule has 0 heteroatoms. The highest BCUT2D eigenvalue weighted by atomic mass is 13.9. The van der Waals surface area contributed by atoms with Gasteiger partial charge in [-0.1, -0.05) is 56.2 Å². The van der Waals surface area contributed by atoms with Gasteiger partial charge in [-0.15, -0.1) is 0 Å². The highest BCUT2D eigenvalue weighted by molar-refractivity contribution is 5.27. The SMILES string of the molecule is C.CC.Cc1cc(C)cc(C)c1. The Labute approximate surface area is 77.6 Å². The molecule has 1 rings (SSSR count). The van der Waals surface area contributed by atoms with Gasteiger partial charge in [0.2, 0.25) is 0 Å². The van der Waals surface area contributed by atoms with E-state index in [1.807, 2.05) is 13.8 Å². The third-order valence-electron chi connectivity index (χ3n) is 1.37. The molecule has 0 aliphatic carbocycles. The van der Waals surface area contributed by atoms with E-state index in [2.05, 4.69) is 39.0 Å². The molecular formula is C12H22. The Hall–Kier alpha value is -0.780. The second-order valence-corrected chi connectivity index (χ2v) is 2.67. The van der Waals surface area contributed by atoms with Gasteiger partial charge >= 0.3 is 0 Å². The lowest BCUT2D eigenvalue weighted by Crippen LogP contribution is -1.78. The van der Waals surface area contributed by atoms with Crippen molar-refractivity contribution in [3.8, 4) is 0 Å². The van der Waals surface area contributed by atoms with Gasteiger partial charge in [0.15, 0.2) is 0 Å². The molecule has 0 saturated carbocycles. The summed E-state index contributed by atoms with van der Waals surface area (Å²) in [6.45, 7) is 10.4. The fourth-order valence-electron chi connectivity index (χ4n) is 1.20. The second kappa shape index (κ2) is 6.90. The van der Waals surface area contributed by atoms with Crippen LogP contribution in [-0.4, -0.2) is 0 Å². The van der Waals surface area contributed by atoms with E-state index < -0.39 is 0 Å². The third kappa shape index (κ3) is 4.95. The van der Waals surface area contributed by atoms with E-state index in [1.54, 1.807) is 0 Å². The summed E-state index contributed by atoms with van der Waals surface area (Å²) in [4.78, 5) is 0. The minimum absolute atomic E-state index is 0. The number of benzene rings is 1. The fourth-order valence-corrected chi connectivity index (χ4v) is 1.20. The van der Waals surface area contributed by atoms with Crippen molar-refractivity contribution in [2.45, 2.75) is 42.0 Å². The lowest BCUT2D eigenvalue weighted by atomic mass is 10.1. The molecule has 70 valence electrons. The van der Waals surface area contributed by atoms with E-state index in [-0.39, 0.29) is 7.43 Å². The van der Waals surface area contributed by atoms with Crippen LogP contribution in [0.2, 0.25) is 0 Å². The van der Waals surface area contributed by atoms with Crippen LogP contribution in [-0.2, 0) is 0 Å². The number of hydrogen-bond donors (Lipinski definition) is 0. The first-order valence-corrected chi connectivity index (χ1v) is 4.23. The van der Waals surface area contributed by atoms with Crippen molar-refractivity contribution in [1.82, 2.24) is 0 Å². The summed E-state index contributed by atoms with van der Waals surface area (Å²) < 4.78 is 0. The van der Waals surface area contributed by atoms with Crippen LogP contribution >= 0.6 is 0 Å². The summed E-state index contributed by atoms with van der Waals surface area (Å²) in [5.41, 5.74) is 4.06. The molecule has 0 aromatic heterocycles. The Morgan fingerprint density at radius 1 is 0.667 bits per heavy atom. The van der Waals surface area contributed by atoms with Gasteiger partial charge in [0.25, 0.3) is 0 Å². The number of aryl methyl sites for hydroxylation is 3.